The summed E-state index contributed by atoms with van der Waals surface area (Å²) in [5, 5.41) is 0.850. The molecule has 1 aromatic heterocycles. The monoisotopic (exact) mass is 424 g/mol. The van der Waals surface area contributed by atoms with Gasteiger partial charge in [-0.25, -0.2) is 4.79 Å². The van der Waals surface area contributed by atoms with Crippen molar-refractivity contribution in [2.24, 2.45) is 0 Å². The van der Waals surface area contributed by atoms with Crippen LogP contribution in [0.25, 0.3) is 16.6 Å². The van der Waals surface area contributed by atoms with Gasteiger partial charge in [0, 0.05) is 6.07 Å². The Morgan fingerprint density at radius 3 is 2.70 bits per heavy atom. The average molecular weight is 425 g/mol. The SMILES string of the molecule is CCOC(=O)COc1cc(-n2c(=S)[nH]c3ccccc3c2=O)c(Cl)cc1Cl. The molecule has 27 heavy (non-hydrogen) atoms. The highest BCUT2D eigenvalue weighted by Crippen LogP contribution is 2.33. The highest BCUT2D eigenvalue weighted by Gasteiger charge is 2.15. The number of halogens is 2. The van der Waals surface area contributed by atoms with Crippen LogP contribution in [0, 0.1) is 4.77 Å². The van der Waals surface area contributed by atoms with E-state index in [1.807, 2.05) is 0 Å². The molecule has 0 aliphatic carbocycles. The van der Waals surface area contributed by atoms with E-state index in [0.29, 0.717) is 10.9 Å². The minimum atomic E-state index is -0.537. The van der Waals surface area contributed by atoms with Crippen LogP contribution < -0.4 is 10.3 Å². The van der Waals surface area contributed by atoms with E-state index in [1.54, 1.807) is 31.2 Å². The minimum Gasteiger partial charge on any atom is -0.480 e. The normalized spacial score (nSPS) is 10.8. The number of aromatic nitrogens is 2. The maximum absolute atomic E-state index is 12.9. The molecule has 1 N–H and O–H groups in total. The van der Waals surface area contributed by atoms with Gasteiger partial charge in [0.2, 0.25) is 0 Å². The van der Waals surface area contributed by atoms with Gasteiger partial charge >= 0.3 is 5.97 Å². The highest BCUT2D eigenvalue weighted by molar-refractivity contribution is 7.71. The number of nitrogens with one attached hydrogen (secondary N) is 1. The van der Waals surface area contributed by atoms with Crippen LogP contribution in [0.4, 0.5) is 0 Å². The first-order valence-electron chi connectivity index (χ1n) is 7.94. The number of esters is 1. The molecular formula is C18H14Cl2N2O4S. The van der Waals surface area contributed by atoms with E-state index in [4.69, 9.17) is 44.9 Å². The summed E-state index contributed by atoms with van der Waals surface area (Å²) in [6.45, 7) is 1.61. The van der Waals surface area contributed by atoms with Crippen LogP contribution >= 0.6 is 35.4 Å². The van der Waals surface area contributed by atoms with Crippen LogP contribution in [0.3, 0.4) is 0 Å². The molecule has 1 heterocycles. The van der Waals surface area contributed by atoms with Crippen molar-refractivity contribution in [3.63, 3.8) is 0 Å². The largest absolute Gasteiger partial charge is 0.480 e. The van der Waals surface area contributed by atoms with Gasteiger partial charge in [0.05, 0.1) is 33.2 Å². The lowest BCUT2D eigenvalue weighted by atomic mass is 10.2. The molecule has 0 amide bonds. The van der Waals surface area contributed by atoms with Gasteiger partial charge in [0.15, 0.2) is 11.4 Å². The molecule has 3 aromatic rings. The lowest BCUT2D eigenvalue weighted by Crippen LogP contribution is -2.21. The van der Waals surface area contributed by atoms with Crippen LogP contribution in [0.2, 0.25) is 10.0 Å². The van der Waals surface area contributed by atoms with Crippen molar-refractivity contribution in [3.8, 4) is 11.4 Å². The van der Waals surface area contributed by atoms with E-state index in [1.165, 1.54) is 16.7 Å². The molecule has 0 fully saturated rings. The summed E-state index contributed by atoms with van der Waals surface area (Å²) in [6, 6.07) is 9.88. The molecule has 0 spiro atoms. The predicted molar refractivity (Wildman–Crippen MR) is 107 cm³/mol. The number of ether oxygens (including phenoxy) is 2. The zero-order valence-corrected chi connectivity index (χ0v) is 16.5. The topological polar surface area (TPSA) is 73.3 Å². The summed E-state index contributed by atoms with van der Waals surface area (Å²) in [5.41, 5.74) is 0.569. The Labute approximate surface area is 169 Å². The Morgan fingerprint density at radius 2 is 1.96 bits per heavy atom. The first kappa shape index (κ1) is 19.4. The van der Waals surface area contributed by atoms with E-state index < -0.39 is 5.97 Å². The summed E-state index contributed by atoms with van der Waals surface area (Å²) in [6.07, 6.45) is 0. The third-order valence-electron chi connectivity index (χ3n) is 3.70. The van der Waals surface area contributed by atoms with Gasteiger partial charge in [0.25, 0.3) is 5.56 Å². The van der Waals surface area contributed by atoms with Gasteiger partial charge in [-0.2, -0.15) is 0 Å². The highest BCUT2D eigenvalue weighted by atomic mass is 35.5. The third-order valence-corrected chi connectivity index (χ3v) is 4.58. The second kappa shape index (κ2) is 8.12. The molecule has 0 aliphatic rings. The number of benzene rings is 2. The molecule has 0 radical (unpaired) electrons. The molecule has 0 aliphatic heterocycles. The van der Waals surface area contributed by atoms with E-state index in [0.717, 1.165) is 0 Å². The number of nitrogens with zero attached hydrogens (tertiary/aromatic N) is 1. The molecule has 9 heteroatoms. The molecule has 2 aromatic carbocycles. The fraction of sp³-hybridized carbons (Fsp3) is 0.167. The predicted octanol–water partition coefficient (Wildman–Crippen LogP) is 4.30. The average Bonchev–Trinajstić information content (AvgIpc) is 2.62. The molecule has 0 saturated carbocycles. The van der Waals surface area contributed by atoms with Gasteiger partial charge in [-0.3, -0.25) is 9.36 Å². The Hall–Kier alpha value is -2.35. The summed E-state index contributed by atoms with van der Waals surface area (Å²) in [5.74, 6) is -0.358. The number of aromatic amines is 1. The lowest BCUT2D eigenvalue weighted by Gasteiger charge is -2.13. The van der Waals surface area contributed by atoms with Gasteiger partial charge in [0.1, 0.15) is 5.75 Å². The number of hydrogen-bond donors (Lipinski definition) is 1. The van der Waals surface area contributed by atoms with Crippen molar-refractivity contribution < 1.29 is 14.3 Å². The van der Waals surface area contributed by atoms with Crippen molar-refractivity contribution in [3.05, 3.63) is 61.6 Å². The van der Waals surface area contributed by atoms with Crippen molar-refractivity contribution in [1.82, 2.24) is 9.55 Å². The van der Waals surface area contributed by atoms with Crippen LogP contribution in [0.1, 0.15) is 6.92 Å². The molecule has 140 valence electrons. The number of fused-ring (bicyclic) bond motifs is 1. The van der Waals surface area contributed by atoms with Crippen LogP contribution in [-0.2, 0) is 9.53 Å². The van der Waals surface area contributed by atoms with Crippen molar-refractivity contribution in [2.75, 3.05) is 13.2 Å². The molecule has 6 nitrogen and oxygen atoms in total. The number of hydrogen-bond acceptors (Lipinski definition) is 5. The molecule has 0 unspecified atom stereocenters. The molecule has 0 saturated heterocycles. The Bertz CT molecular complexity index is 1140. The number of carbonyl (C=O) groups is 1. The van der Waals surface area contributed by atoms with E-state index >= 15 is 0 Å². The fourth-order valence-corrected chi connectivity index (χ4v) is 3.33. The van der Waals surface area contributed by atoms with Gasteiger partial charge in [-0.1, -0.05) is 35.3 Å². The smallest absolute Gasteiger partial charge is 0.344 e. The first-order valence-corrected chi connectivity index (χ1v) is 9.10. The summed E-state index contributed by atoms with van der Waals surface area (Å²) in [4.78, 5) is 27.4. The number of para-hydroxylation sites is 1. The van der Waals surface area contributed by atoms with Crippen LogP contribution in [0.5, 0.6) is 5.75 Å². The Morgan fingerprint density at radius 1 is 1.22 bits per heavy atom. The summed E-state index contributed by atoms with van der Waals surface area (Å²) >= 11 is 17.8. The number of rotatable bonds is 5. The second-order valence-electron chi connectivity index (χ2n) is 5.44. The van der Waals surface area contributed by atoms with Gasteiger partial charge in [-0.05, 0) is 37.3 Å². The number of carbonyl (C=O) groups excluding carboxylic acids is 1. The quantitative estimate of drug-likeness (QED) is 0.488. The maximum atomic E-state index is 12.9. The van der Waals surface area contributed by atoms with Crippen LogP contribution in [-0.4, -0.2) is 28.7 Å². The van der Waals surface area contributed by atoms with Crippen LogP contribution in [0.15, 0.2) is 41.2 Å². The van der Waals surface area contributed by atoms with Crippen molar-refractivity contribution in [2.45, 2.75) is 6.92 Å². The summed E-state index contributed by atoms with van der Waals surface area (Å²) < 4.78 is 11.7. The molecule has 0 atom stereocenters. The molecule has 3 rings (SSSR count). The van der Waals surface area contributed by atoms with E-state index in [9.17, 15) is 9.59 Å². The van der Waals surface area contributed by atoms with Gasteiger partial charge < -0.3 is 14.5 Å². The van der Waals surface area contributed by atoms with Crippen molar-refractivity contribution in [1.29, 1.82) is 0 Å². The minimum absolute atomic E-state index is 0.166. The van der Waals surface area contributed by atoms with Crippen molar-refractivity contribution >= 4 is 52.3 Å². The first-order chi connectivity index (χ1) is 12.9. The third kappa shape index (κ3) is 4.00. The summed E-state index contributed by atoms with van der Waals surface area (Å²) in [7, 11) is 0. The lowest BCUT2D eigenvalue weighted by molar-refractivity contribution is -0.145. The zero-order chi connectivity index (χ0) is 19.6. The number of H-pyrrole nitrogens is 1. The maximum Gasteiger partial charge on any atom is 0.344 e. The van der Waals surface area contributed by atoms with E-state index in [2.05, 4.69) is 4.98 Å². The fourth-order valence-electron chi connectivity index (χ4n) is 2.52. The second-order valence-corrected chi connectivity index (χ2v) is 6.65. The Kier molecular flexibility index (Phi) is 5.84. The molecular weight excluding hydrogens is 411 g/mol. The Balaban J connectivity index is 2.11. The zero-order valence-electron chi connectivity index (χ0n) is 14.1. The standard InChI is InChI=1S/C18H14Cl2N2O4S/c1-2-25-16(23)9-26-15-8-14(11(19)7-12(15)20)22-17(24)10-5-3-4-6-13(10)21-18(22)27/h3-8H,2,9H2,1H3,(H,21,27). The molecule has 0 bridgehead atoms. The van der Waals surface area contributed by atoms with Gasteiger partial charge in [-0.15, -0.1) is 0 Å². The van der Waals surface area contributed by atoms with E-state index in [-0.39, 0.29) is 45.0 Å².